The largest absolute Gasteiger partial charge is 0.493 e. The van der Waals surface area contributed by atoms with Gasteiger partial charge in [-0.1, -0.05) is 19.9 Å². The fourth-order valence-corrected chi connectivity index (χ4v) is 3.65. The summed E-state index contributed by atoms with van der Waals surface area (Å²) in [7, 11) is 3.15. The zero-order valence-corrected chi connectivity index (χ0v) is 18.6. The fraction of sp³-hybridized carbons (Fsp3) is 0.360. The Balaban J connectivity index is 1.71. The smallest absolute Gasteiger partial charge is 0.336 e. The van der Waals surface area contributed by atoms with Crippen molar-refractivity contribution in [3.05, 3.63) is 69.1 Å². The number of carbonyl (C=O) groups is 1. The van der Waals surface area contributed by atoms with Gasteiger partial charge in [0.1, 0.15) is 12.2 Å². The van der Waals surface area contributed by atoms with E-state index in [1.807, 2.05) is 37.3 Å². The van der Waals surface area contributed by atoms with Gasteiger partial charge in [-0.15, -0.1) is 0 Å². The summed E-state index contributed by atoms with van der Waals surface area (Å²) in [6.45, 7) is 6.24. The zero-order valence-electron chi connectivity index (χ0n) is 18.6. The highest BCUT2D eigenvalue weighted by Crippen LogP contribution is 2.29. The molecule has 1 heterocycles. The van der Waals surface area contributed by atoms with Crippen molar-refractivity contribution in [3.63, 3.8) is 0 Å². The van der Waals surface area contributed by atoms with E-state index in [0.29, 0.717) is 35.0 Å². The van der Waals surface area contributed by atoms with Crippen LogP contribution in [0.25, 0.3) is 11.0 Å². The molecule has 0 aliphatic heterocycles. The van der Waals surface area contributed by atoms with E-state index >= 15 is 0 Å². The summed E-state index contributed by atoms with van der Waals surface area (Å²) >= 11 is 0. The van der Waals surface area contributed by atoms with Crippen LogP contribution in [0.15, 0.2) is 45.6 Å². The van der Waals surface area contributed by atoms with Gasteiger partial charge in [0, 0.05) is 23.4 Å². The van der Waals surface area contributed by atoms with Crippen molar-refractivity contribution in [1.82, 2.24) is 0 Å². The lowest BCUT2D eigenvalue weighted by atomic mass is 9.95. The van der Waals surface area contributed by atoms with Crippen molar-refractivity contribution in [2.24, 2.45) is 0 Å². The van der Waals surface area contributed by atoms with E-state index in [2.05, 4.69) is 13.8 Å². The Labute approximate surface area is 181 Å². The summed E-state index contributed by atoms with van der Waals surface area (Å²) in [4.78, 5) is 24.3. The van der Waals surface area contributed by atoms with Crippen LogP contribution in [0.4, 0.5) is 0 Å². The number of rotatable bonds is 8. The topological polar surface area (TPSA) is 75.0 Å². The quantitative estimate of drug-likeness (QED) is 0.377. The van der Waals surface area contributed by atoms with Crippen molar-refractivity contribution in [2.75, 3.05) is 14.2 Å². The molecule has 0 amide bonds. The number of methoxy groups -OCH3 is 2. The lowest BCUT2D eigenvalue weighted by molar-refractivity contribution is -0.144. The third-order valence-electron chi connectivity index (χ3n) is 5.29. The second kappa shape index (κ2) is 9.69. The molecule has 3 rings (SSSR count). The van der Waals surface area contributed by atoms with Crippen LogP contribution in [0.5, 0.6) is 11.5 Å². The molecule has 0 aliphatic carbocycles. The first-order valence-electron chi connectivity index (χ1n) is 10.3. The van der Waals surface area contributed by atoms with Crippen molar-refractivity contribution >= 4 is 16.9 Å². The molecule has 6 heteroatoms. The Morgan fingerprint density at radius 3 is 2.45 bits per heavy atom. The zero-order chi connectivity index (χ0) is 22.5. The first-order chi connectivity index (χ1) is 14.8. The monoisotopic (exact) mass is 424 g/mol. The maximum atomic E-state index is 12.3. The van der Waals surface area contributed by atoms with Crippen LogP contribution in [0.2, 0.25) is 0 Å². The molecule has 1 aromatic heterocycles. The van der Waals surface area contributed by atoms with Crippen LogP contribution >= 0.6 is 0 Å². The van der Waals surface area contributed by atoms with Gasteiger partial charge >= 0.3 is 11.6 Å². The standard InChI is InChI=1S/C25H28O6/c1-15(2)19-13-20-18(12-25(27)31-22(20)10-16(19)3)14-30-24(26)9-7-17-6-8-21(28-4)23(11-17)29-5/h6,8,10-13,15H,7,9,14H2,1-5H3. The minimum absolute atomic E-state index is 0.0213. The molecule has 2 aromatic carbocycles. The van der Waals surface area contributed by atoms with Crippen molar-refractivity contribution < 1.29 is 23.4 Å². The molecule has 0 atom stereocenters. The molecule has 6 nitrogen and oxygen atoms in total. The van der Waals surface area contributed by atoms with Crippen LogP contribution in [0, 0.1) is 6.92 Å². The Morgan fingerprint density at radius 1 is 1.03 bits per heavy atom. The third-order valence-corrected chi connectivity index (χ3v) is 5.29. The number of fused-ring (bicyclic) bond motifs is 1. The maximum absolute atomic E-state index is 12.3. The Kier molecular flexibility index (Phi) is 7.00. The predicted octanol–water partition coefficient (Wildman–Crippen LogP) is 4.92. The molecular formula is C25H28O6. The molecule has 0 saturated heterocycles. The molecule has 3 aromatic rings. The van der Waals surface area contributed by atoms with Gasteiger partial charge in [0.15, 0.2) is 11.5 Å². The van der Waals surface area contributed by atoms with E-state index in [0.717, 1.165) is 16.5 Å². The number of carbonyl (C=O) groups excluding carboxylic acids is 1. The van der Waals surface area contributed by atoms with E-state index in [-0.39, 0.29) is 19.0 Å². The van der Waals surface area contributed by atoms with Gasteiger partial charge in [-0.05, 0) is 60.2 Å². The van der Waals surface area contributed by atoms with Crippen molar-refractivity contribution in [1.29, 1.82) is 0 Å². The summed E-state index contributed by atoms with van der Waals surface area (Å²) in [6, 6.07) is 10.8. The van der Waals surface area contributed by atoms with E-state index in [1.165, 1.54) is 11.6 Å². The molecular weight excluding hydrogens is 396 g/mol. The number of esters is 1. The second-order valence-corrected chi connectivity index (χ2v) is 7.80. The fourth-order valence-electron chi connectivity index (χ4n) is 3.65. The number of ether oxygens (including phenoxy) is 3. The molecule has 164 valence electrons. The van der Waals surface area contributed by atoms with Gasteiger partial charge in [-0.3, -0.25) is 4.79 Å². The highest BCUT2D eigenvalue weighted by Gasteiger charge is 2.13. The normalized spacial score (nSPS) is 11.0. The van der Waals surface area contributed by atoms with Gasteiger partial charge in [-0.2, -0.15) is 0 Å². The average Bonchev–Trinajstić information content (AvgIpc) is 2.74. The number of benzene rings is 2. The van der Waals surface area contributed by atoms with E-state index in [9.17, 15) is 9.59 Å². The maximum Gasteiger partial charge on any atom is 0.336 e. The Morgan fingerprint density at radius 2 is 1.77 bits per heavy atom. The lowest BCUT2D eigenvalue weighted by Gasteiger charge is -2.13. The minimum Gasteiger partial charge on any atom is -0.493 e. The molecule has 0 fully saturated rings. The van der Waals surface area contributed by atoms with E-state index < -0.39 is 5.63 Å². The van der Waals surface area contributed by atoms with Crippen LogP contribution in [-0.4, -0.2) is 20.2 Å². The number of hydrogen-bond acceptors (Lipinski definition) is 6. The third kappa shape index (κ3) is 5.26. The Hall–Kier alpha value is -3.28. The van der Waals surface area contributed by atoms with Crippen molar-refractivity contribution in [3.8, 4) is 11.5 Å². The molecule has 0 radical (unpaired) electrons. The van der Waals surface area contributed by atoms with Crippen LogP contribution < -0.4 is 15.1 Å². The SMILES string of the molecule is COc1ccc(CCC(=O)OCc2cc(=O)oc3cc(C)c(C(C)C)cc23)cc1OC. The number of hydrogen-bond donors (Lipinski definition) is 0. The van der Waals surface area contributed by atoms with Crippen LogP contribution in [-0.2, 0) is 22.6 Å². The van der Waals surface area contributed by atoms with Crippen LogP contribution in [0.1, 0.15) is 48.4 Å². The van der Waals surface area contributed by atoms with Gasteiger partial charge in [-0.25, -0.2) is 4.79 Å². The van der Waals surface area contributed by atoms with Crippen LogP contribution in [0.3, 0.4) is 0 Å². The summed E-state index contributed by atoms with van der Waals surface area (Å²) in [5.74, 6) is 1.24. The molecule has 31 heavy (non-hydrogen) atoms. The van der Waals surface area contributed by atoms with Gasteiger partial charge in [0.25, 0.3) is 0 Å². The summed E-state index contributed by atoms with van der Waals surface area (Å²) in [5, 5.41) is 0.793. The molecule has 0 unspecified atom stereocenters. The molecule has 0 N–H and O–H groups in total. The highest BCUT2D eigenvalue weighted by molar-refractivity contribution is 5.82. The number of aryl methyl sites for hydroxylation is 2. The highest BCUT2D eigenvalue weighted by atomic mass is 16.5. The summed E-state index contributed by atoms with van der Waals surface area (Å²) in [5.41, 5.74) is 3.87. The first kappa shape index (κ1) is 22.4. The molecule has 0 bridgehead atoms. The Bertz CT molecular complexity index is 1140. The summed E-state index contributed by atoms with van der Waals surface area (Å²) in [6.07, 6.45) is 0.721. The summed E-state index contributed by atoms with van der Waals surface area (Å²) < 4.78 is 21.3. The van der Waals surface area contributed by atoms with Gasteiger partial charge in [0.05, 0.1) is 14.2 Å². The van der Waals surface area contributed by atoms with E-state index in [4.69, 9.17) is 18.6 Å². The van der Waals surface area contributed by atoms with Gasteiger partial charge in [0.2, 0.25) is 0 Å². The lowest BCUT2D eigenvalue weighted by Crippen LogP contribution is -2.09. The van der Waals surface area contributed by atoms with E-state index in [1.54, 1.807) is 14.2 Å². The molecule has 0 spiro atoms. The predicted molar refractivity (Wildman–Crippen MR) is 119 cm³/mol. The second-order valence-electron chi connectivity index (χ2n) is 7.80. The average molecular weight is 424 g/mol. The van der Waals surface area contributed by atoms with Gasteiger partial charge < -0.3 is 18.6 Å². The van der Waals surface area contributed by atoms with Crippen molar-refractivity contribution in [2.45, 2.75) is 46.1 Å². The molecule has 0 saturated carbocycles. The minimum atomic E-state index is -0.458. The molecule has 0 aliphatic rings. The first-order valence-corrected chi connectivity index (χ1v) is 10.3.